The first-order chi connectivity index (χ1) is 9.82. The van der Waals surface area contributed by atoms with Gasteiger partial charge in [0.15, 0.2) is 0 Å². The van der Waals surface area contributed by atoms with Gasteiger partial charge in [0, 0.05) is 33.4 Å². The molecule has 2 aliphatic rings. The number of ether oxygens (including phenoxy) is 2. The molecule has 1 atom stereocenters. The van der Waals surface area contributed by atoms with Crippen LogP contribution in [0, 0.1) is 5.92 Å². The molecule has 2 fully saturated rings. The normalized spacial score (nSPS) is 26.4. The fourth-order valence-corrected chi connectivity index (χ4v) is 3.72. The maximum absolute atomic E-state index is 6.17. The van der Waals surface area contributed by atoms with Crippen molar-refractivity contribution in [3.8, 4) is 0 Å². The van der Waals surface area contributed by atoms with E-state index in [1.54, 1.807) is 13.4 Å². The Morgan fingerprint density at radius 1 is 1.40 bits per heavy atom. The minimum Gasteiger partial charge on any atom is -0.468 e. The average molecular weight is 279 g/mol. The van der Waals surface area contributed by atoms with Crippen LogP contribution in [0.1, 0.15) is 31.4 Å². The second kappa shape index (κ2) is 6.29. The van der Waals surface area contributed by atoms with E-state index in [2.05, 4.69) is 11.0 Å². The lowest BCUT2D eigenvalue weighted by molar-refractivity contribution is -0.0727. The van der Waals surface area contributed by atoms with Crippen LogP contribution >= 0.6 is 0 Å². The average Bonchev–Trinajstić information content (AvgIpc) is 3.10. The number of likely N-dealkylation sites (tertiary alicyclic amines) is 1. The summed E-state index contributed by atoms with van der Waals surface area (Å²) in [5.74, 6) is 1.73. The fraction of sp³-hybridized carbons (Fsp3) is 0.750. The maximum atomic E-state index is 6.17. The zero-order valence-corrected chi connectivity index (χ0v) is 12.3. The highest BCUT2D eigenvalue weighted by molar-refractivity contribution is 5.01. The van der Waals surface area contributed by atoms with E-state index in [0.29, 0.717) is 5.92 Å². The van der Waals surface area contributed by atoms with E-state index in [4.69, 9.17) is 13.9 Å². The number of furan rings is 1. The highest BCUT2D eigenvalue weighted by Crippen LogP contribution is 2.42. The summed E-state index contributed by atoms with van der Waals surface area (Å²) in [4.78, 5) is 2.47. The maximum Gasteiger partial charge on any atom is 0.117 e. The van der Waals surface area contributed by atoms with Crippen LogP contribution in [0.3, 0.4) is 0 Å². The molecule has 3 rings (SSSR count). The van der Waals surface area contributed by atoms with Crippen molar-refractivity contribution in [2.24, 2.45) is 5.92 Å². The molecule has 20 heavy (non-hydrogen) atoms. The van der Waals surface area contributed by atoms with E-state index in [0.717, 1.165) is 57.9 Å². The Bertz CT molecular complexity index is 396. The van der Waals surface area contributed by atoms with Crippen molar-refractivity contribution in [3.05, 3.63) is 24.2 Å². The third-order valence-corrected chi connectivity index (χ3v) is 4.93. The zero-order chi connectivity index (χ0) is 13.8. The molecule has 0 aliphatic carbocycles. The van der Waals surface area contributed by atoms with Crippen LogP contribution in [0.15, 0.2) is 22.8 Å². The topological polar surface area (TPSA) is 34.8 Å². The summed E-state index contributed by atoms with van der Waals surface area (Å²) in [5.41, 5.74) is 0.123. The van der Waals surface area contributed by atoms with Crippen LogP contribution in [-0.2, 0) is 16.0 Å². The van der Waals surface area contributed by atoms with Crippen molar-refractivity contribution < 1.29 is 13.9 Å². The van der Waals surface area contributed by atoms with Gasteiger partial charge >= 0.3 is 0 Å². The number of hydrogen-bond donors (Lipinski definition) is 0. The number of piperidine rings is 1. The molecule has 0 N–H and O–H groups in total. The standard InChI is InChI=1S/C16H25NO3/c1-18-11-4-14-5-12-20-16(14)6-8-17(9-7-16)13-15-3-2-10-19-15/h2-3,10,14H,4-9,11-13H2,1H3/t14-/m0/s1. The molecule has 0 radical (unpaired) electrons. The minimum atomic E-state index is 0.123. The van der Waals surface area contributed by atoms with Gasteiger partial charge in [0.25, 0.3) is 0 Å². The lowest BCUT2D eigenvalue weighted by Crippen LogP contribution is -2.47. The molecular weight excluding hydrogens is 254 g/mol. The van der Waals surface area contributed by atoms with Crippen LogP contribution in [-0.4, -0.2) is 43.9 Å². The van der Waals surface area contributed by atoms with Gasteiger partial charge in [-0.05, 0) is 43.7 Å². The molecule has 112 valence electrons. The molecule has 1 aromatic heterocycles. The molecule has 0 amide bonds. The third-order valence-electron chi connectivity index (χ3n) is 4.93. The number of methoxy groups -OCH3 is 1. The Labute approximate surface area is 121 Å². The summed E-state index contributed by atoms with van der Waals surface area (Å²) in [6, 6.07) is 4.01. The summed E-state index contributed by atoms with van der Waals surface area (Å²) in [6.07, 6.45) is 6.36. The quantitative estimate of drug-likeness (QED) is 0.830. The first-order valence-electron chi connectivity index (χ1n) is 7.70. The summed E-state index contributed by atoms with van der Waals surface area (Å²) >= 11 is 0. The van der Waals surface area contributed by atoms with Crippen molar-refractivity contribution in [3.63, 3.8) is 0 Å². The monoisotopic (exact) mass is 279 g/mol. The third kappa shape index (κ3) is 2.92. The smallest absolute Gasteiger partial charge is 0.117 e. The lowest BCUT2D eigenvalue weighted by atomic mass is 9.78. The SMILES string of the molecule is COCC[C@H]1CCOC12CCN(Cc1ccco1)CC2. The minimum absolute atomic E-state index is 0.123. The van der Waals surface area contributed by atoms with Crippen LogP contribution in [0.5, 0.6) is 0 Å². The molecule has 4 nitrogen and oxygen atoms in total. The van der Waals surface area contributed by atoms with Gasteiger partial charge in [-0.25, -0.2) is 0 Å². The van der Waals surface area contributed by atoms with Crippen molar-refractivity contribution >= 4 is 0 Å². The first-order valence-corrected chi connectivity index (χ1v) is 7.70. The van der Waals surface area contributed by atoms with Crippen LogP contribution in [0.25, 0.3) is 0 Å². The molecule has 0 saturated carbocycles. The van der Waals surface area contributed by atoms with Gasteiger partial charge in [-0.3, -0.25) is 4.90 Å². The number of hydrogen-bond acceptors (Lipinski definition) is 4. The van der Waals surface area contributed by atoms with Gasteiger partial charge in [-0.15, -0.1) is 0 Å². The van der Waals surface area contributed by atoms with Gasteiger partial charge in [0.2, 0.25) is 0 Å². The van der Waals surface area contributed by atoms with Gasteiger partial charge in [-0.1, -0.05) is 0 Å². The van der Waals surface area contributed by atoms with Gasteiger partial charge in [-0.2, -0.15) is 0 Å². The van der Waals surface area contributed by atoms with Crippen LogP contribution < -0.4 is 0 Å². The summed E-state index contributed by atoms with van der Waals surface area (Å²) in [5, 5.41) is 0. The number of nitrogens with zero attached hydrogens (tertiary/aromatic N) is 1. The first kappa shape index (κ1) is 14.1. The van der Waals surface area contributed by atoms with Gasteiger partial charge in [0.05, 0.1) is 18.4 Å². The Kier molecular flexibility index (Phi) is 4.44. The molecule has 0 aromatic carbocycles. The van der Waals surface area contributed by atoms with Crippen LogP contribution in [0.2, 0.25) is 0 Å². The van der Waals surface area contributed by atoms with Crippen LogP contribution in [0.4, 0.5) is 0 Å². The molecule has 2 aliphatic heterocycles. The van der Waals surface area contributed by atoms with E-state index >= 15 is 0 Å². The Morgan fingerprint density at radius 3 is 2.95 bits per heavy atom. The second-order valence-electron chi connectivity index (χ2n) is 6.04. The van der Waals surface area contributed by atoms with Gasteiger partial charge < -0.3 is 13.9 Å². The lowest BCUT2D eigenvalue weighted by Gasteiger charge is -2.42. The zero-order valence-electron chi connectivity index (χ0n) is 12.3. The molecule has 1 aromatic rings. The van der Waals surface area contributed by atoms with Crippen molar-refractivity contribution in [1.82, 2.24) is 4.90 Å². The molecule has 4 heteroatoms. The van der Waals surface area contributed by atoms with Gasteiger partial charge in [0.1, 0.15) is 5.76 Å². The van der Waals surface area contributed by atoms with E-state index in [1.807, 2.05) is 6.07 Å². The predicted octanol–water partition coefficient (Wildman–Crippen LogP) is 2.69. The van der Waals surface area contributed by atoms with E-state index < -0.39 is 0 Å². The van der Waals surface area contributed by atoms with Crippen molar-refractivity contribution in [2.75, 3.05) is 33.4 Å². The second-order valence-corrected chi connectivity index (χ2v) is 6.04. The molecule has 0 unspecified atom stereocenters. The van der Waals surface area contributed by atoms with E-state index in [1.165, 1.54) is 6.42 Å². The summed E-state index contributed by atoms with van der Waals surface area (Å²) in [6.45, 7) is 4.90. The largest absolute Gasteiger partial charge is 0.468 e. The molecule has 3 heterocycles. The molecule has 2 saturated heterocycles. The van der Waals surface area contributed by atoms with E-state index in [9.17, 15) is 0 Å². The van der Waals surface area contributed by atoms with Crippen molar-refractivity contribution in [2.45, 2.75) is 37.8 Å². The Morgan fingerprint density at radius 2 is 2.25 bits per heavy atom. The molecule has 1 spiro atoms. The summed E-state index contributed by atoms with van der Waals surface area (Å²) in [7, 11) is 1.79. The highest BCUT2D eigenvalue weighted by atomic mass is 16.5. The molecular formula is C16H25NO3. The van der Waals surface area contributed by atoms with Crippen molar-refractivity contribution in [1.29, 1.82) is 0 Å². The highest BCUT2D eigenvalue weighted by Gasteiger charge is 2.45. The predicted molar refractivity (Wildman–Crippen MR) is 76.5 cm³/mol. The number of rotatable bonds is 5. The molecule has 0 bridgehead atoms. The Balaban J connectivity index is 1.54. The van der Waals surface area contributed by atoms with E-state index in [-0.39, 0.29) is 5.60 Å². The Hall–Kier alpha value is -0.840. The summed E-state index contributed by atoms with van der Waals surface area (Å²) < 4.78 is 16.9. The fourth-order valence-electron chi connectivity index (χ4n) is 3.72.